The maximum atomic E-state index is 14.0. The molecule has 2 aromatic carbocycles. The summed E-state index contributed by atoms with van der Waals surface area (Å²) in [7, 11) is 0. The highest BCUT2D eigenvalue weighted by atomic mass is 19.1. The largest absolute Gasteiger partial charge is 0.312 e. The minimum absolute atomic E-state index is 0.179. The van der Waals surface area contributed by atoms with Crippen molar-refractivity contribution in [3.05, 3.63) is 96.0 Å². The minimum Gasteiger partial charge on any atom is -0.312 e. The second-order valence-corrected chi connectivity index (χ2v) is 11.7. The fourth-order valence-electron chi connectivity index (χ4n) is 6.61. The number of aromatic nitrogens is 4. The Balaban J connectivity index is 1.21. The van der Waals surface area contributed by atoms with E-state index in [1.165, 1.54) is 37.3 Å². The van der Waals surface area contributed by atoms with Gasteiger partial charge < -0.3 is 5.32 Å². The van der Waals surface area contributed by atoms with Gasteiger partial charge in [0, 0.05) is 47.6 Å². The first-order valence-corrected chi connectivity index (χ1v) is 15.1. The molecule has 1 fully saturated rings. The van der Waals surface area contributed by atoms with Gasteiger partial charge in [0.15, 0.2) is 0 Å². The lowest BCUT2D eigenvalue weighted by Crippen LogP contribution is -2.22. The van der Waals surface area contributed by atoms with Crippen LogP contribution in [0.25, 0.3) is 33.2 Å². The molecule has 0 amide bonds. The molecule has 212 valence electrons. The summed E-state index contributed by atoms with van der Waals surface area (Å²) in [6, 6.07) is 15.4. The number of nitrogens with zero attached hydrogens (tertiary/aromatic N) is 4. The molecule has 42 heavy (non-hydrogen) atoms. The molecule has 5 aromatic rings. The third-order valence-corrected chi connectivity index (χ3v) is 8.91. The molecule has 1 aliphatic carbocycles. The van der Waals surface area contributed by atoms with E-state index < -0.39 is 0 Å². The molecule has 1 aliphatic heterocycles. The zero-order valence-corrected chi connectivity index (χ0v) is 23.9. The zero-order valence-electron chi connectivity index (χ0n) is 23.9. The topological polar surface area (TPSA) is 78.8 Å². The van der Waals surface area contributed by atoms with Gasteiger partial charge in [0.05, 0.1) is 23.1 Å². The molecule has 1 saturated carbocycles. The Labute approximate surface area is 245 Å². The number of benzene rings is 2. The number of pyridine rings is 2. The Bertz CT molecular complexity index is 1770. The molecule has 7 rings (SSSR count). The molecule has 0 radical (unpaired) electrons. The van der Waals surface area contributed by atoms with Crippen LogP contribution in [0.2, 0.25) is 0 Å². The molecule has 1 atom stereocenters. The first kappa shape index (κ1) is 26.7. The van der Waals surface area contributed by atoms with Crippen molar-refractivity contribution < 1.29 is 4.39 Å². The SMILES string of the molecule is CCC1Cc2c(cncc2-c2cccc(F)c2)N=C1c1n[nH]c2ccc(-c3cncc(CNCC4CCCC4)c3)cc12. The van der Waals surface area contributed by atoms with Crippen molar-refractivity contribution in [1.82, 2.24) is 25.5 Å². The molecule has 0 saturated heterocycles. The quantitative estimate of drug-likeness (QED) is 0.204. The maximum absolute atomic E-state index is 14.0. The van der Waals surface area contributed by atoms with Crippen LogP contribution in [0, 0.1) is 17.7 Å². The lowest BCUT2D eigenvalue weighted by Gasteiger charge is -2.25. The van der Waals surface area contributed by atoms with Gasteiger partial charge in [-0.1, -0.05) is 38.0 Å². The highest BCUT2D eigenvalue weighted by molar-refractivity contribution is 6.12. The Morgan fingerprint density at radius 3 is 2.67 bits per heavy atom. The van der Waals surface area contributed by atoms with Crippen LogP contribution in [-0.4, -0.2) is 32.4 Å². The van der Waals surface area contributed by atoms with E-state index in [1.807, 2.05) is 30.9 Å². The van der Waals surface area contributed by atoms with Crippen LogP contribution in [0.15, 0.2) is 78.3 Å². The van der Waals surface area contributed by atoms with E-state index in [2.05, 4.69) is 51.6 Å². The number of halogens is 1. The summed E-state index contributed by atoms with van der Waals surface area (Å²) in [6.45, 7) is 4.10. The maximum Gasteiger partial charge on any atom is 0.123 e. The first-order valence-electron chi connectivity index (χ1n) is 15.1. The zero-order chi connectivity index (χ0) is 28.5. The van der Waals surface area contributed by atoms with Crippen molar-refractivity contribution in [3.8, 4) is 22.3 Å². The van der Waals surface area contributed by atoms with E-state index in [0.29, 0.717) is 0 Å². The average Bonchev–Trinajstić information content (AvgIpc) is 3.70. The summed E-state index contributed by atoms with van der Waals surface area (Å²) in [5.41, 5.74) is 9.91. The van der Waals surface area contributed by atoms with Crippen molar-refractivity contribution in [2.24, 2.45) is 16.8 Å². The molecule has 0 spiro atoms. The summed E-state index contributed by atoms with van der Waals surface area (Å²) in [5, 5.41) is 12.7. The van der Waals surface area contributed by atoms with Crippen molar-refractivity contribution in [1.29, 1.82) is 0 Å². The molecule has 3 aromatic heterocycles. The van der Waals surface area contributed by atoms with E-state index in [0.717, 1.165) is 87.7 Å². The first-order chi connectivity index (χ1) is 20.7. The highest BCUT2D eigenvalue weighted by Gasteiger charge is 2.28. The Hall–Kier alpha value is -4.23. The lowest BCUT2D eigenvalue weighted by atomic mass is 9.84. The van der Waals surface area contributed by atoms with E-state index in [4.69, 9.17) is 10.1 Å². The van der Waals surface area contributed by atoms with Crippen molar-refractivity contribution >= 4 is 22.3 Å². The van der Waals surface area contributed by atoms with E-state index >= 15 is 0 Å². The van der Waals surface area contributed by atoms with Crippen LogP contribution in [0.1, 0.15) is 55.8 Å². The number of rotatable bonds is 8. The molecule has 0 bridgehead atoms. The average molecular weight is 559 g/mol. The summed E-state index contributed by atoms with van der Waals surface area (Å²) < 4.78 is 14.0. The van der Waals surface area contributed by atoms with Gasteiger partial charge in [-0.05, 0) is 90.7 Å². The molecule has 2 aliphatic rings. The van der Waals surface area contributed by atoms with Crippen LogP contribution in [0.3, 0.4) is 0 Å². The molecule has 1 unspecified atom stereocenters. The number of nitrogens with one attached hydrogen (secondary N) is 2. The lowest BCUT2D eigenvalue weighted by molar-refractivity contribution is 0.489. The second kappa shape index (κ2) is 11.6. The van der Waals surface area contributed by atoms with Gasteiger partial charge in [-0.25, -0.2) is 9.38 Å². The molecule has 6 nitrogen and oxygen atoms in total. The van der Waals surface area contributed by atoms with Gasteiger partial charge >= 0.3 is 0 Å². The van der Waals surface area contributed by atoms with E-state index in [1.54, 1.807) is 12.1 Å². The van der Waals surface area contributed by atoms with Gasteiger partial charge in [0.2, 0.25) is 0 Å². The molecule has 2 N–H and O–H groups in total. The number of aliphatic imine (C=N–C) groups is 1. The summed E-state index contributed by atoms with van der Waals surface area (Å²) >= 11 is 0. The predicted octanol–water partition coefficient (Wildman–Crippen LogP) is 7.81. The summed E-state index contributed by atoms with van der Waals surface area (Å²) in [6.07, 6.45) is 14.7. The smallest absolute Gasteiger partial charge is 0.123 e. The number of hydrogen-bond donors (Lipinski definition) is 2. The van der Waals surface area contributed by atoms with E-state index in [9.17, 15) is 4.39 Å². The highest BCUT2D eigenvalue weighted by Crippen LogP contribution is 2.39. The third kappa shape index (κ3) is 5.25. The van der Waals surface area contributed by atoms with Crippen molar-refractivity contribution in [3.63, 3.8) is 0 Å². The minimum atomic E-state index is -0.253. The van der Waals surface area contributed by atoms with Crippen LogP contribution < -0.4 is 5.32 Å². The molecule has 4 heterocycles. The molecular weight excluding hydrogens is 523 g/mol. The number of H-pyrrole nitrogens is 1. The standard InChI is InChI=1S/C35H35FN6/c1-2-24-14-29-31(26-8-5-9-28(36)13-26)20-39-21-33(29)40-34(24)35-30-15-25(10-11-32(30)41-42-35)27-12-23(18-38-19-27)17-37-16-22-6-3-4-7-22/h5,8-13,15,18-22,24,37H,2-4,6-7,14,16-17H2,1H3,(H,41,42). The van der Waals surface area contributed by atoms with Crippen LogP contribution in [0.4, 0.5) is 10.1 Å². The van der Waals surface area contributed by atoms with Gasteiger partial charge in [-0.2, -0.15) is 5.10 Å². The Morgan fingerprint density at radius 2 is 1.81 bits per heavy atom. The molecular formula is C35H35FN6. The van der Waals surface area contributed by atoms with Gasteiger partial charge in [0.25, 0.3) is 0 Å². The van der Waals surface area contributed by atoms with Crippen LogP contribution in [-0.2, 0) is 13.0 Å². The Morgan fingerprint density at radius 1 is 0.929 bits per heavy atom. The van der Waals surface area contributed by atoms with Gasteiger partial charge in [-0.15, -0.1) is 0 Å². The third-order valence-electron chi connectivity index (χ3n) is 8.91. The second-order valence-electron chi connectivity index (χ2n) is 11.7. The van der Waals surface area contributed by atoms with E-state index in [-0.39, 0.29) is 11.7 Å². The van der Waals surface area contributed by atoms with Crippen LogP contribution in [0.5, 0.6) is 0 Å². The van der Waals surface area contributed by atoms with Crippen molar-refractivity contribution in [2.75, 3.05) is 6.54 Å². The summed E-state index contributed by atoms with van der Waals surface area (Å²) in [5.74, 6) is 0.740. The monoisotopic (exact) mass is 558 g/mol. The van der Waals surface area contributed by atoms with Crippen LogP contribution >= 0.6 is 0 Å². The summed E-state index contributed by atoms with van der Waals surface area (Å²) in [4.78, 5) is 14.2. The number of aromatic amines is 1. The number of fused-ring (bicyclic) bond motifs is 2. The number of hydrogen-bond acceptors (Lipinski definition) is 5. The van der Waals surface area contributed by atoms with Gasteiger partial charge in [-0.3, -0.25) is 15.1 Å². The van der Waals surface area contributed by atoms with Crippen molar-refractivity contribution in [2.45, 2.75) is 52.0 Å². The van der Waals surface area contributed by atoms with Gasteiger partial charge in [0.1, 0.15) is 11.5 Å². The molecule has 7 heteroatoms. The normalized spacial score (nSPS) is 17.0. The fraction of sp³-hybridized carbons (Fsp3) is 0.314. The Kier molecular flexibility index (Phi) is 7.34. The fourth-order valence-corrected chi connectivity index (χ4v) is 6.61. The predicted molar refractivity (Wildman–Crippen MR) is 166 cm³/mol.